The number of anilines is 1. The minimum absolute atomic E-state index is 0.296. The van der Waals surface area contributed by atoms with E-state index in [1.165, 1.54) is 0 Å². The molecule has 6 heteroatoms. The van der Waals surface area contributed by atoms with Crippen molar-refractivity contribution in [1.29, 1.82) is 0 Å². The van der Waals surface area contributed by atoms with Crippen molar-refractivity contribution in [2.24, 2.45) is 0 Å². The van der Waals surface area contributed by atoms with Crippen LogP contribution in [0.2, 0.25) is 0 Å². The second kappa shape index (κ2) is 6.26. The summed E-state index contributed by atoms with van der Waals surface area (Å²) in [5.74, 6) is 0.576. The first-order valence-corrected chi connectivity index (χ1v) is 7.35. The molecule has 2 heterocycles. The lowest BCUT2D eigenvalue weighted by Crippen LogP contribution is -2.10. The van der Waals surface area contributed by atoms with Crippen LogP contribution in [0.1, 0.15) is 39.3 Å². The van der Waals surface area contributed by atoms with Crippen molar-refractivity contribution >= 4 is 17.1 Å². The molecule has 2 aromatic rings. The molecule has 0 unspecified atom stereocenters. The van der Waals surface area contributed by atoms with Gasteiger partial charge in [-0.15, -0.1) is 0 Å². The minimum atomic E-state index is 0.296. The molecule has 0 saturated heterocycles. The summed E-state index contributed by atoms with van der Waals surface area (Å²) in [6.45, 7) is 10.6. The van der Waals surface area contributed by atoms with Crippen molar-refractivity contribution in [2.45, 2.75) is 59.7 Å². The summed E-state index contributed by atoms with van der Waals surface area (Å²) < 4.78 is 9.59. The van der Waals surface area contributed by atoms with Crippen molar-refractivity contribution in [1.82, 2.24) is 19.3 Å². The van der Waals surface area contributed by atoms with E-state index in [4.69, 9.17) is 10.5 Å². The molecule has 0 fully saturated rings. The fraction of sp³-hybridized carbons (Fsp3) is 0.714. The van der Waals surface area contributed by atoms with Crippen LogP contribution in [0.25, 0.3) is 11.2 Å². The van der Waals surface area contributed by atoms with Crippen molar-refractivity contribution in [2.75, 3.05) is 12.3 Å². The molecule has 2 aromatic heterocycles. The zero-order valence-electron chi connectivity index (χ0n) is 12.9. The number of nitrogens with zero attached hydrogens (tertiary/aromatic N) is 4. The maximum Gasteiger partial charge on any atom is 0.202 e. The Kier molecular flexibility index (Phi) is 4.65. The Morgan fingerprint density at radius 2 is 2.05 bits per heavy atom. The fourth-order valence-corrected chi connectivity index (χ4v) is 2.37. The van der Waals surface area contributed by atoms with Crippen molar-refractivity contribution in [3.63, 3.8) is 0 Å². The summed E-state index contributed by atoms with van der Waals surface area (Å²) in [5, 5.41) is 4.49. The van der Waals surface area contributed by atoms with Gasteiger partial charge in [-0.25, -0.2) is 9.67 Å². The summed E-state index contributed by atoms with van der Waals surface area (Å²) in [7, 11) is 0. The molecule has 0 aliphatic rings. The third-order valence-corrected chi connectivity index (χ3v) is 3.36. The van der Waals surface area contributed by atoms with Gasteiger partial charge in [-0.2, -0.15) is 5.10 Å². The Bertz CT molecular complexity index is 570. The maximum absolute atomic E-state index is 6.03. The number of aryl methyl sites for hydroxylation is 3. The highest BCUT2D eigenvalue weighted by molar-refractivity contribution is 5.77. The topological polar surface area (TPSA) is 70.9 Å². The Morgan fingerprint density at radius 3 is 2.70 bits per heavy atom. The van der Waals surface area contributed by atoms with Crippen molar-refractivity contribution in [3.05, 3.63) is 5.69 Å². The Balaban J connectivity index is 2.07. The molecular formula is C14H25N5O. The summed E-state index contributed by atoms with van der Waals surface area (Å²) in [6.07, 6.45) is 2.34. The third-order valence-electron chi connectivity index (χ3n) is 3.36. The number of nitrogen functional groups attached to an aromatic ring is 1. The lowest BCUT2D eigenvalue weighted by Gasteiger charge is -2.09. The molecule has 112 valence electrons. The van der Waals surface area contributed by atoms with Crippen LogP contribution in [0.3, 0.4) is 0 Å². The molecule has 6 nitrogen and oxygen atoms in total. The largest absolute Gasteiger partial charge is 0.379 e. The van der Waals surface area contributed by atoms with Crippen LogP contribution in [0.15, 0.2) is 0 Å². The van der Waals surface area contributed by atoms with E-state index in [-0.39, 0.29) is 0 Å². The van der Waals surface area contributed by atoms with Crippen LogP contribution in [0, 0.1) is 6.92 Å². The van der Waals surface area contributed by atoms with Gasteiger partial charge in [0, 0.05) is 19.7 Å². The fourth-order valence-electron chi connectivity index (χ4n) is 2.37. The molecule has 0 spiro atoms. The molecule has 20 heavy (non-hydrogen) atoms. The summed E-state index contributed by atoms with van der Waals surface area (Å²) in [5.41, 5.74) is 8.93. The monoisotopic (exact) mass is 279 g/mol. The molecule has 2 rings (SSSR count). The number of aromatic nitrogens is 4. The van der Waals surface area contributed by atoms with Gasteiger partial charge in [0.25, 0.3) is 0 Å². The average molecular weight is 279 g/mol. The van der Waals surface area contributed by atoms with E-state index in [2.05, 4.69) is 35.4 Å². The molecule has 0 aromatic carbocycles. The molecule has 0 aliphatic carbocycles. The molecule has 0 bridgehead atoms. The molecule has 0 aliphatic heterocycles. The van der Waals surface area contributed by atoms with Gasteiger partial charge in [0.2, 0.25) is 5.95 Å². The third kappa shape index (κ3) is 2.95. The zero-order chi connectivity index (χ0) is 14.7. The van der Waals surface area contributed by atoms with Crippen LogP contribution in [-0.4, -0.2) is 32.0 Å². The van der Waals surface area contributed by atoms with Crippen molar-refractivity contribution < 1.29 is 4.74 Å². The highest BCUT2D eigenvalue weighted by atomic mass is 16.5. The van der Waals surface area contributed by atoms with Crippen LogP contribution in [0.5, 0.6) is 0 Å². The molecule has 0 saturated carbocycles. The minimum Gasteiger partial charge on any atom is -0.379 e. The maximum atomic E-state index is 6.03. The van der Waals surface area contributed by atoms with Gasteiger partial charge < -0.3 is 10.5 Å². The standard InChI is InChI=1S/C14H25N5O/c1-5-19-13-12(11(4)17-19)16-14(15)18(13)8-6-7-9-20-10(2)3/h10H,5-9H2,1-4H3,(H2,15,16). The average Bonchev–Trinajstić information content (AvgIpc) is 2.87. The number of ether oxygens (including phenoxy) is 1. The highest BCUT2D eigenvalue weighted by Crippen LogP contribution is 2.21. The SMILES string of the molecule is CCn1nc(C)c2nc(N)n(CCCCOC(C)C)c21. The van der Waals surface area contributed by atoms with E-state index in [1.807, 2.05) is 11.6 Å². The first-order chi connectivity index (χ1) is 9.54. The number of imidazole rings is 1. The highest BCUT2D eigenvalue weighted by Gasteiger charge is 2.16. The lowest BCUT2D eigenvalue weighted by molar-refractivity contribution is 0.0755. The summed E-state index contributed by atoms with van der Waals surface area (Å²) >= 11 is 0. The number of hydrogen-bond donors (Lipinski definition) is 1. The second-order valence-corrected chi connectivity index (χ2v) is 5.32. The molecule has 0 radical (unpaired) electrons. The normalized spacial score (nSPS) is 11.8. The predicted octanol–water partition coefficient (Wildman–Crippen LogP) is 2.35. The molecule has 2 N–H and O–H groups in total. The Labute approximate surface area is 119 Å². The van der Waals surface area contributed by atoms with Gasteiger partial charge in [-0.1, -0.05) is 0 Å². The first-order valence-electron chi connectivity index (χ1n) is 7.35. The predicted molar refractivity (Wildman–Crippen MR) is 80.7 cm³/mol. The number of hydrogen-bond acceptors (Lipinski definition) is 4. The van der Waals surface area contributed by atoms with E-state index in [0.29, 0.717) is 12.1 Å². The molecule has 0 atom stereocenters. The van der Waals surface area contributed by atoms with Crippen LogP contribution in [-0.2, 0) is 17.8 Å². The van der Waals surface area contributed by atoms with Gasteiger partial charge in [-0.05, 0) is 40.5 Å². The van der Waals surface area contributed by atoms with Gasteiger partial charge in [0.05, 0.1) is 11.8 Å². The van der Waals surface area contributed by atoms with Gasteiger partial charge in [0.1, 0.15) is 5.52 Å². The van der Waals surface area contributed by atoms with E-state index in [1.54, 1.807) is 0 Å². The van der Waals surface area contributed by atoms with Crippen LogP contribution in [0.4, 0.5) is 5.95 Å². The zero-order valence-corrected chi connectivity index (χ0v) is 12.9. The molecular weight excluding hydrogens is 254 g/mol. The number of unbranched alkanes of at least 4 members (excludes halogenated alkanes) is 1. The first kappa shape index (κ1) is 14.8. The smallest absolute Gasteiger partial charge is 0.202 e. The second-order valence-electron chi connectivity index (χ2n) is 5.32. The number of fused-ring (bicyclic) bond motifs is 1. The lowest BCUT2D eigenvalue weighted by atomic mass is 10.3. The number of rotatable bonds is 7. The van der Waals surface area contributed by atoms with Gasteiger partial charge in [0.15, 0.2) is 5.65 Å². The number of nitrogens with two attached hydrogens (primary N) is 1. The van der Waals surface area contributed by atoms with E-state index in [9.17, 15) is 0 Å². The molecule has 0 amide bonds. The van der Waals surface area contributed by atoms with Gasteiger partial charge in [-0.3, -0.25) is 4.57 Å². The van der Waals surface area contributed by atoms with Gasteiger partial charge >= 0.3 is 0 Å². The Morgan fingerprint density at radius 1 is 1.30 bits per heavy atom. The van der Waals surface area contributed by atoms with Crippen LogP contribution < -0.4 is 5.73 Å². The van der Waals surface area contributed by atoms with E-state index in [0.717, 1.165) is 49.4 Å². The van der Waals surface area contributed by atoms with E-state index >= 15 is 0 Å². The Hall–Kier alpha value is -1.56. The quantitative estimate of drug-likeness (QED) is 0.790. The van der Waals surface area contributed by atoms with E-state index < -0.39 is 0 Å². The summed E-state index contributed by atoms with van der Waals surface area (Å²) in [4.78, 5) is 4.43. The van der Waals surface area contributed by atoms with Crippen molar-refractivity contribution in [3.8, 4) is 0 Å². The summed E-state index contributed by atoms with van der Waals surface area (Å²) in [6, 6.07) is 0. The van der Waals surface area contributed by atoms with Crippen LogP contribution >= 0.6 is 0 Å².